The van der Waals surface area contributed by atoms with E-state index in [2.05, 4.69) is 0 Å². The van der Waals surface area contributed by atoms with Crippen LogP contribution in [0, 0.1) is 12.7 Å². The number of carboxylic acid groups (broad SMARTS) is 1. The Balaban J connectivity index is 0.00000109. The lowest BCUT2D eigenvalue weighted by atomic mass is 10.1. The number of aromatic nitrogens is 1. The summed E-state index contributed by atoms with van der Waals surface area (Å²) in [6.45, 7) is 6.32. The van der Waals surface area contributed by atoms with Gasteiger partial charge in [0.25, 0.3) is 0 Å². The van der Waals surface area contributed by atoms with Crippen LogP contribution in [0.5, 0.6) is 5.75 Å². The van der Waals surface area contributed by atoms with Gasteiger partial charge in [0.15, 0.2) is 11.6 Å². The number of nitrogens with zero attached hydrogens (tertiary/aromatic N) is 1. The Morgan fingerprint density at radius 3 is 2.40 bits per heavy atom. The van der Waals surface area contributed by atoms with Crippen LogP contribution in [0.2, 0.25) is 0 Å². The summed E-state index contributed by atoms with van der Waals surface area (Å²) in [4.78, 5) is 11.1. The molecule has 0 atom stereocenters. The third-order valence-electron chi connectivity index (χ3n) is 4.03. The SMILES string of the molecule is CC.Cc1c(CC(=O)O)c2cc(O)c(F)cc2n1Cc1ccccc1. The maximum Gasteiger partial charge on any atom is 0.307 e. The first-order valence-corrected chi connectivity index (χ1v) is 8.23. The smallest absolute Gasteiger partial charge is 0.307 e. The molecule has 3 rings (SSSR count). The summed E-state index contributed by atoms with van der Waals surface area (Å²) in [7, 11) is 0. The van der Waals surface area contributed by atoms with Gasteiger partial charge in [0.05, 0.1) is 11.9 Å². The summed E-state index contributed by atoms with van der Waals surface area (Å²) in [5, 5.41) is 19.3. The number of carboxylic acids is 1. The molecule has 3 aromatic rings. The Bertz CT molecular complexity index is 885. The molecule has 0 spiro atoms. The Kier molecular flexibility index (Phi) is 5.80. The van der Waals surface area contributed by atoms with Crippen LogP contribution in [-0.2, 0) is 17.8 Å². The van der Waals surface area contributed by atoms with Gasteiger partial charge in [-0.3, -0.25) is 4.79 Å². The Morgan fingerprint density at radius 2 is 1.80 bits per heavy atom. The van der Waals surface area contributed by atoms with Gasteiger partial charge in [-0.1, -0.05) is 44.2 Å². The summed E-state index contributed by atoms with van der Waals surface area (Å²) in [5.41, 5.74) is 2.97. The molecule has 0 unspecified atom stereocenters. The third-order valence-corrected chi connectivity index (χ3v) is 4.03. The Hall–Kier alpha value is -2.82. The summed E-state index contributed by atoms with van der Waals surface area (Å²) in [5.74, 6) is -2.15. The van der Waals surface area contributed by atoms with Crippen molar-refractivity contribution in [3.8, 4) is 5.75 Å². The average molecular weight is 343 g/mol. The van der Waals surface area contributed by atoms with Crippen LogP contribution in [-0.4, -0.2) is 20.7 Å². The number of hydrogen-bond donors (Lipinski definition) is 2. The summed E-state index contributed by atoms with van der Waals surface area (Å²) >= 11 is 0. The van der Waals surface area contributed by atoms with Crippen LogP contribution in [0.4, 0.5) is 4.39 Å². The molecular formula is C20H22FNO3. The van der Waals surface area contributed by atoms with E-state index in [9.17, 15) is 14.3 Å². The molecule has 0 aliphatic heterocycles. The van der Waals surface area contributed by atoms with Crippen LogP contribution < -0.4 is 0 Å². The molecule has 0 bridgehead atoms. The van der Waals surface area contributed by atoms with Gasteiger partial charge in [-0.2, -0.15) is 0 Å². The number of benzene rings is 2. The lowest BCUT2D eigenvalue weighted by Gasteiger charge is -2.09. The average Bonchev–Trinajstić information content (AvgIpc) is 2.83. The van der Waals surface area contributed by atoms with E-state index in [0.29, 0.717) is 23.0 Å². The third kappa shape index (κ3) is 3.82. The number of aliphatic carboxylic acids is 1. The minimum Gasteiger partial charge on any atom is -0.505 e. The molecule has 0 saturated heterocycles. The second-order valence-electron chi connectivity index (χ2n) is 5.53. The quantitative estimate of drug-likeness (QED) is 0.733. The van der Waals surface area contributed by atoms with Gasteiger partial charge in [0.1, 0.15) is 0 Å². The highest BCUT2D eigenvalue weighted by Gasteiger charge is 2.18. The molecule has 1 aromatic heterocycles. The van der Waals surface area contributed by atoms with Gasteiger partial charge in [-0.25, -0.2) is 4.39 Å². The van der Waals surface area contributed by atoms with Gasteiger partial charge in [0.2, 0.25) is 0 Å². The van der Waals surface area contributed by atoms with Crippen molar-refractivity contribution in [2.45, 2.75) is 33.7 Å². The van der Waals surface area contributed by atoms with Crippen LogP contribution in [0.25, 0.3) is 10.9 Å². The predicted octanol–water partition coefficient (Wildman–Crippen LogP) is 4.50. The van der Waals surface area contributed by atoms with Gasteiger partial charge in [-0.15, -0.1) is 0 Å². The highest BCUT2D eigenvalue weighted by atomic mass is 19.1. The second-order valence-corrected chi connectivity index (χ2v) is 5.53. The number of hydrogen-bond acceptors (Lipinski definition) is 2. The van der Waals surface area contributed by atoms with E-state index in [0.717, 1.165) is 11.3 Å². The molecule has 0 aliphatic carbocycles. The number of phenolic OH excluding ortho intramolecular Hbond substituents is 1. The van der Waals surface area contributed by atoms with E-state index in [1.165, 1.54) is 12.1 Å². The molecule has 0 radical (unpaired) electrons. The van der Waals surface area contributed by atoms with Crippen molar-refractivity contribution in [2.24, 2.45) is 0 Å². The second kappa shape index (κ2) is 7.83. The molecule has 0 aliphatic rings. The van der Waals surface area contributed by atoms with Crippen LogP contribution in [0.3, 0.4) is 0 Å². The zero-order valence-electron chi connectivity index (χ0n) is 14.6. The van der Waals surface area contributed by atoms with E-state index in [4.69, 9.17) is 5.11 Å². The highest BCUT2D eigenvalue weighted by molar-refractivity contribution is 5.90. The number of phenols is 1. The van der Waals surface area contributed by atoms with Crippen LogP contribution >= 0.6 is 0 Å². The van der Waals surface area contributed by atoms with Crippen molar-refractivity contribution in [2.75, 3.05) is 0 Å². The minimum atomic E-state index is -0.962. The zero-order valence-corrected chi connectivity index (χ0v) is 14.6. The molecular weight excluding hydrogens is 321 g/mol. The topological polar surface area (TPSA) is 62.5 Å². The van der Waals surface area contributed by atoms with Crippen LogP contribution in [0.1, 0.15) is 30.7 Å². The van der Waals surface area contributed by atoms with Gasteiger partial charge < -0.3 is 14.8 Å². The lowest BCUT2D eigenvalue weighted by molar-refractivity contribution is -0.136. The lowest BCUT2D eigenvalue weighted by Crippen LogP contribution is -2.05. The fraction of sp³-hybridized carbons (Fsp3) is 0.250. The molecule has 2 N–H and O–H groups in total. The maximum absolute atomic E-state index is 13.8. The van der Waals surface area contributed by atoms with E-state index >= 15 is 0 Å². The summed E-state index contributed by atoms with van der Waals surface area (Å²) < 4.78 is 15.7. The summed E-state index contributed by atoms with van der Waals surface area (Å²) in [6, 6.07) is 12.2. The normalized spacial score (nSPS) is 10.4. The summed E-state index contributed by atoms with van der Waals surface area (Å²) in [6.07, 6.45) is -0.171. The van der Waals surface area contributed by atoms with E-state index in [-0.39, 0.29) is 6.42 Å². The molecule has 0 amide bonds. The molecule has 2 aromatic carbocycles. The van der Waals surface area contributed by atoms with Crippen molar-refractivity contribution in [3.05, 3.63) is 65.1 Å². The van der Waals surface area contributed by atoms with Gasteiger partial charge in [0, 0.05) is 23.7 Å². The van der Waals surface area contributed by atoms with Crippen LogP contribution in [0.15, 0.2) is 42.5 Å². The van der Waals surface area contributed by atoms with E-state index in [1.54, 1.807) is 0 Å². The van der Waals surface area contributed by atoms with Gasteiger partial charge >= 0.3 is 5.97 Å². The predicted molar refractivity (Wildman–Crippen MR) is 96.5 cm³/mol. The van der Waals surface area contributed by atoms with Crippen molar-refractivity contribution in [1.29, 1.82) is 0 Å². The van der Waals surface area contributed by atoms with E-state index < -0.39 is 17.5 Å². The maximum atomic E-state index is 13.8. The zero-order chi connectivity index (χ0) is 18.6. The molecule has 1 heterocycles. The highest BCUT2D eigenvalue weighted by Crippen LogP contribution is 2.32. The fourth-order valence-electron chi connectivity index (χ4n) is 2.90. The Labute approximate surface area is 146 Å². The number of fused-ring (bicyclic) bond motifs is 1. The van der Waals surface area contributed by atoms with Crippen molar-refractivity contribution >= 4 is 16.9 Å². The largest absolute Gasteiger partial charge is 0.505 e. The minimum absolute atomic E-state index is 0.171. The van der Waals surface area contributed by atoms with Crippen molar-refractivity contribution in [3.63, 3.8) is 0 Å². The van der Waals surface area contributed by atoms with Crippen molar-refractivity contribution in [1.82, 2.24) is 4.57 Å². The number of halogens is 1. The first-order valence-electron chi connectivity index (χ1n) is 8.23. The number of rotatable bonds is 4. The van der Waals surface area contributed by atoms with E-state index in [1.807, 2.05) is 55.7 Å². The first kappa shape index (κ1) is 18.5. The first-order chi connectivity index (χ1) is 12.0. The monoisotopic (exact) mass is 343 g/mol. The Morgan fingerprint density at radius 1 is 1.16 bits per heavy atom. The molecule has 132 valence electrons. The number of carbonyl (C=O) groups is 1. The standard InChI is InChI=1S/C18H16FNO3.C2H6/c1-11-13(8-18(22)23)14-7-17(21)15(19)9-16(14)20(11)10-12-5-3-2-4-6-12;1-2/h2-7,9,21H,8,10H2,1H3,(H,22,23);1-2H3. The molecule has 5 heteroatoms. The van der Waals surface area contributed by atoms with Gasteiger partial charge in [-0.05, 0) is 24.1 Å². The molecule has 4 nitrogen and oxygen atoms in total. The molecule has 0 saturated carbocycles. The molecule has 0 fully saturated rings. The molecule has 25 heavy (non-hydrogen) atoms. The number of aromatic hydroxyl groups is 1. The fourth-order valence-corrected chi connectivity index (χ4v) is 2.90. The van der Waals surface area contributed by atoms with Crippen molar-refractivity contribution < 1.29 is 19.4 Å².